The summed E-state index contributed by atoms with van der Waals surface area (Å²) in [6, 6.07) is 9.07. The van der Waals surface area contributed by atoms with Crippen molar-refractivity contribution >= 4 is 0 Å². The summed E-state index contributed by atoms with van der Waals surface area (Å²) in [5.74, 6) is 1.46. The molecule has 2 N–H and O–H groups in total. The van der Waals surface area contributed by atoms with Gasteiger partial charge in [-0.05, 0) is 36.5 Å². The van der Waals surface area contributed by atoms with Gasteiger partial charge in [-0.3, -0.25) is 0 Å². The highest BCUT2D eigenvalue weighted by Crippen LogP contribution is 2.40. The third-order valence-corrected chi connectivity index (χ3v) is 3.57. The van der Waals surface area contributed by atoms with Gasteiger partial charge in [0.15, 0.2) is 0 Å². The Morgan fingerprint density at radius 1 is 1.05 bits per heavy atom. The van der Waals surface area contributed by atoms with E-state index in [9.17, 15) is 10.2 Å². The Morgan fingerprint density at radius 3 is 2.68 bits per heavy atom. The summed E-state index contributed by atoms with van der Waals surface area (Å²) in [4.78, 5) is 0. The maximum Gasteiger partial charge on any atom is 0.138 e. The maximum absolute atomic E-state index is 9.90. The van der Waals surface area contributed by atoms with Gasteiger partial charge in [0.25, 0.3) is 0 Å². The minimum absolute atomic E-state index is 0.0184. The predicted octanol–water partition coefficient (Wildman–Crippen LogP) is 3.55. The first-order chi connectivity index (χ1) is 9.17. The van der Waals surface area contributed by atoms with Gasteiger partial charge in [-0.1, -0.05) is 19.1 Å². The number of aromatic hydroxyl groups is 2. The van der Waals surface area contributed by atoms with Gasteiger partial charge in [-0.15, -0.1) is 0 Å². The molecular formula is C16H16O3. The fourth-order valence-electron chi connectivity index (χ4n) is 2.48. The molecular weight excluding hydrogens is 240 g/mol. The van der Waals surface area contributed by atoms with Gasteiger partial charge < -0.3 is 14.9 Å². The van der Waals surface area contributed by atoms with E-state index < -0.39 is 0 Å². The van der Waals surface area contributed by atoms with E-state index in [2.05, 4.69) is 13.0 Å². The molecule has 3 nitrogen and oxygen atoms in total. The van der Waals surface area contributed by atoms with Crippen molar-refractivity contribution in [3.63, 3.8) is 0 Å². The van der Waals surface area contributed by atoms with Crippen LogP contribution in [-0.4, -0.2) is 10.2 Å². The van der Waals surface area contributed by atoms with Crippen LogP contribution in [0.4, 0.5) is 0 Å². The van der Waals surface area contributed by atoms with Crippen molar-refractivity contribution in [1.29, 1.82) is 0 Å². The van der Waals surface area contributed by atoms with E-state index in [1.807, 2.05) is 12.1 Å². The number of fused-ring (bicyclic) bond motifs is 2. The molecule has 0 saturated carbocycles. The largest absolute Gasteiger partial charge is 0.508 e. The van der Waals surface area contributed by atoms with Crippen molar-refractivity contribution in [2.75, 3.05) is 0 Å². The van der Waals surface area contributed by atoms with Crippen LogP contribution in [0.2, 0.25) is 0 Å². The predicted molar refractivity (Wildman–Crippen MR) is 73.1 cm³/mol. The minimum Gasteiger partial charge on any atom is -0.508 e. The Labute approximate surface area is 112 Å². The summed E-state index contributed by atoms with van der Waals surface area (Å²) in [5.41, 5.74) is 3.18. The zero-order valence-corrected chi connectivity index (χ0v) is 10.8. The number of rotatable bonds is 1. The number of aryl methyl sites for hydroxylation is 2. The molecule has 0 aliphatic carbocycles. The molecule has 19 heavy (non-hydrogen) atoms. The van der Waals surface area contributed by atoms with Crippen LogP contribution in [0, 0.1) is 0 Å². The topological polar surface area (TPSA) is 49.7 Å². The van der Waals surface area contributed by atoms with E-state index >= 15 is 0 Å². The van der Waals surface area contributed by atoms with Crippen molar-refractivity contribution in [2.24, 2.45) is 0 Å². The van der Waals surface area contributed by atoms with Gasteiger partial charge in [0, 0.05) is 17.7 Å². The molecule has 0 atom stereocenters. The Bertz CT molecular complexity index is 632. The summed E-state index contributed by atoms with van der Waals surface area (Å²) < 4.78 is 5.84. The number of hydrogen-bond acceptors (Lipinski definition) is 3. The molecule has 1 aliphatic rings. The average molecular weight is 256 g/mol. The summed E-state index contributed by atoms with van der Waals surface area (Å²) in [7, 11) is 0. The van der Waals surface area contributed by atoms with Crippen LogP contribution in [0.25, 0.3) is 0 Å². The van der Waals surface area contributed by atoms with Crippen molar-refractivity contribution in [3.05, 3.63) is 47.0 Å². The quantitative estimate of drug-likeness (QED) is 0.820. The molecule has 0 unspecified atom stereocenters. The standard InChI is InChI=1S/C16H16O3/c1-2-10-3-6-15-11(7-10)4-5-13-14(18)8-12(17)9-16(13)19-15/h3,6-9,17-18H,2,4-5H2,1H3. The first-order valence-electron chi connectivity index (χ1n) is 6.52. The molecule has 2 aromatic rings. The van der Waals surface area contributed by atoms with Gasteiger partial charge in [0.05, 0.1) is 0 Å². The minimum atomic E-state index is 0.0184. The van der Waals surface area contributed by atoms with Gasteiger partial charge in [-0.2, -0.15) is 0 Å². The monoisotopic (exact) mass is 256 g/mol. The summed E-state index contributed by atoms with van der Waals surface area (Å²) in [6.45, 7) is 2.12. The third kappa shape index (κ3) is 2.12. The van der Waals surface area contributed by atoms with E-state index in [1.54, 1.807) is 6.07 Å². The molecule has 1 aliphatic heterocycles. The fourth-order valence-corrected chi connectivity index (χ4v) is 2.48. The summed E-state index contributed by atoms with van der Waals surface area (Å²) >= 11 is 0. The van der Waals surface area contributed by atoms with Crippen molar-refractivity contribution in [2.45, 2.75) is 26.2 Å². The van der Waals surface area contributed by atoms with E-state index in [0.717, 1.165) is 29.7 Å². The Balaban J connectivity index is 2.07. The van der Waals surface area contributed by atoms with Crippen LogP contribution in [0.15, 0.2) is 30.3 Å². The molecule has 0 fully saturated rings. The molecule has 0 aromatic heterocycles. The lowest BCUT2D eigenvalue weighted by molar-refractivity contribution is 0.427. The lowest BCUT2D eigenvalue weighted by atomic mass is 10.0. The van der Waals surface area contributed by atoms with E-state index in [0.29, 0.717) is 12.2 Å². The highest BCUT2D eigenvalue weighted by molar-refractivity contribution is 5.54. The normalized spacial score (nSPS) is 13.1. The number of ether oxygens (including phenoxy) is 1. The van der Waals surface area contributed by atoms with Gasteiger partial charge >= 0.3 is 0 Å². The summed E-state index contributed by atoms with van der Waals surface area (Å²) in [5, 5.41) is 19.5. The SMILES string of the molecule is CCc1ccc2c(c1)CCc1c(O)cc(O)cc1O2. The Hall–Kier alpha value is -2.16. The van der Waals surface area contributed by atoms with Crippen molar-refractivity contribution in [3.8, 4) is 23.0 Å². The number of phenolic OH excluding ortho intramolecular Hbond substituents is 2. The van der Waals surface area contributed by atoms with E-state index in [4.69, 9.17) is 4.74 Å². The molecule has 3 heteroatoms. The molecule has 3 rings (SSSR count). The molecule has 2 aromatic carbocycles. The van der Waals surface area contributed by atoms with Crippen molar-refractivity contribution < 1.29 is 14.9 Å². The highest BCUT2D eigenvalue weighted by Gasteiger charge is 2.18. The lowest BCUT2D eigenvalue weighted by Gasteiger charge is -2.10. The first-order valence-corrected chi connectivity index (χ1v) is 6.52. The maximum atomic E-state index is 9.90. The molecule has 0 bridgehead atoms. The number of hydrogen-bond donors (Lipinski definition) is 2. The van der Waals surface area contributed by atoms with Crippen LogP contribution in [0.1, 0.15) is 23.6 Å². The molecule has 1 heterocycles. The molecule has 98 valence electrons. The van der Waals surface area contributed by atoms with Crippen LogP contribution in [0.5, 0.6) is 23.0 Å². The van der Waals surface area contributed by atoms with Gasteiger partial charge in [-0.25, -0.2) is 0 Å². The zero-order valence-electron chi connectivity index (χ0n) is 10.8. The van der Waals surface area contributed by atoms with Gasteiger partial charge in [0.1, 0.15) is 23.0 Å². The number of benzene rings is 2. The highest BCUT2D eigenvalue weighted by atomic mass is 16.5. The Kier molecular flexibility index (Phi) is 2.82. The molecule has 0 spiro atoms. The van der Waals surface area contributed by atoms with Gasteiger partial charge in [0.2, 0.25) is 0 Å². The van der Waals surface area contributed by atoms with Crippen LogP contribution >= 0.6 is 0 Å². The lowest BCUT2D eigenvalue weighted by Crippen LogP contribution is -1.91. The van der Waals surface area contributed by atoms with E-state index in [-0.39, 0.29) is 11.5 Å². The van der Waals surface area contributed by atoms with Crippen LogP contribution in [-0.2, 0) is 19.3 Å². The molecule has 0 amide bonds. The Morgan fingerprint density at radius 2 is 1.89 bits per heavy atom. The second-order valence-corrected chi connectivity index (χ2v) is 4.84. The second kappa shape index (κ2) is 4.50. The van der Waals surface area contributed by atoms with E-state index in [1.165, 1.54) is 11.6 Å². The molecule has 0 saturated heterocycles. The molecule has 0 radical (unpaired) electrons. The summed E-state index contributed by atoms with van der Waals surface area (Å²) in [6.07, 6.45) is 2.53. The average Bonchev–Trinajstić information content (AvgIpc) is 2.56. The van der Waals surface area contributed by atoms with Crippen LogP contribution in [0.3, 0.4) is 0 Å². The second-order valence-electron chi connectivity index (χ2n) is 4.84. The zero-order chi connectivity index (χ0) is 13.4. The van der Waals surface area contributed by atoms with Crippen LogP contribution < -0.4 is 4.74 Å². The first kappa shape index (κ1) is 11.9. The third-order valence-electron chi connectivity index (χ3n) is 3.57. The smallest absolute Gasteiger partial charge is 0.138 e. The fraction of sp³-hybridized carbons (Fsp3) is 0.250. The van der Waals surface area contributed by atoms with Crippen molar-refractivity contribution in [1.82, 2.24) is 0 Å². The number of phenols is 2.